The highest BCUT2D eigenvalue weighted by atomic mass is 16.5. The van der Waals surface area contributed by atoms with Crippen LogP contribution in [0, 0.1) is 0 Å². The van der Waals surface area contributed by atoms with Gasteiger partial charge in [0.15, 0.2) is 23.0 Å². The van der Waals surface area contributed by atoms with Crippen molar-refractivity contribution in [2.24, 2.45) is 0 Å². The Morgan fingerprint density at radius 3 is 2.50 bits per heavy atom. The number of fused-ring (bicyclic) bond motifs is 1. The Labute approximate surface area is 160 Å². The molecular weight excluding hydrogens is 368 g/mol. The number of nitrogens with one attached hydrogen (secondary N) is 1. The molecule has 0 spiro atoms. The standard InChI is InChI=1S/C18H20N4O6/c1-4-27-17-12(25-2)7-11(8-13(17)26-3)10-28-16-6-5-15-19-14(20-18(23)24)9-22(15)21-16/h5-9,20H,4,10H2,1-3H3,(H,23,24). The molecule has 0 saturated heterocycles. The van der Waals surface area contributed by atoms with Crippen LogP contribution in [0.4, 0.5) is 10.6 Å². The molecule has 3 rings (SSSR count). The van der Waals surface area contributed by atoms with Gasteiger partial charge in [0.2, 0.25) is 11.6 Å². The van der Waals surface area contributed by atoms with Gasteiger partial charge in [-0.05, 0) is 30.7 Å². The van der Waals surface area contributed by atoms with Crippen LogP contribution < -0.4 is 24.3 Å². The second kappa shape index (κ2) is 8.33. The maximum absolute atomic E-state index is 10.7. The molecule has 0 unspecified atom stereocenters. The van der Waals surface area contributed by atoms with Crippen molar-refractivity contribution in [3.05, 3.63) is 36.0 Å². The predicted octanol–water partition coefficient (Wildman–Crippen LogP) is 2.81. The number of nitrogens with zero attached hydrogens (tertiary/aromatic N) is 3. The minimum Gasteiger partial charge on any atom is -0.493 e. The molecule has 0 aliphatic rings. The zero-order valence-corrected chi connectivity index (χ0v) is 15.6. The fourth-order valence-electron chi connectivity index (χ4n) is 2.57. The predicted molar refractivity (Wildman–Crippen MR) is 99.7 cm³/mol. The Balaban J connectivity index is 1.78. The number of carbonyl (C=O) groups is 1. The quantitative estimate of drug-likeness (QED) is 0.605. The molecule has 1 amide bonds. The summed E-state index contributed by atoms with van der Waals surface area (Å²) in [7, 11) is 3.11. The Hall–Kier alpha value is -3.69. The van der Waals surface area contributed by atoms with Crippen molar-refractivity contribution in [3.63, 3.8) is 0 Å². The molecule has 0 fully saturated rings. The van der Waals surface area contributed by atoms with Gasteiger partial charge >= 0.3 is 6.09 Å². The first-order valence-corrected chi connectivity index (χ1v) is 8.41. The van der Waals surface area contributed by atoms with Crippen LogP contribution in [0.3, 0.4) is 0 Å². The van der Waals surface area contributed by atoms with Gasteiger partial charge in [0, 0.05) is 6.07 Å². The second-order valence-electron chi connectivity index (χ2n) is 5.58. The lowest BCUT2D eigenvalue weighted by atomic mass is 10.2. The van der Waals surface area contributed by atoms with Crippen molar-refractivity contribution in [1.82, 2.24) is 14.6 Å². The number of aromatic nitrogens is 3. The third-order valence-corrected chi connectivity index (χ3v) is 3.73. The van der Waals surface area contributed by atoms with E-state index in [0.29, 0.717) is 35.4 Å². The van der Waals surface area contributed by atoms with Crippen LogP contribution in [0.25, 0.3) is 5.65 Å². The van der Waals surface area contributed by atoms with E-state index in [4.69, 9.17) is 24.1 Å². The smallest absolute Gasteiger partial charge is 0.410 e. The summed E-state index contributed by atoms with van der Waals surface area (Å²) in [4.78, 5) is 14.8. The summed E-state index contributed by atoms with van der Waals surface area (Å²) >= 11 is 0. The lowest BCUT2D eigenvalue weighted by Gasteiger charge is -2.15. The van der Waals surface area contributed by atoms with Crippen molar-refractivity contribution in [2.45, 2.75) is 13.5 Å². The number of rotatable bonds is 8. The van der Waals surface area contributed by atoms with Gasteiger partial charge in [-0.15, -0.1) is 5.10 Å². The van der Waals surface area contributed by atoms with Crippen LogP contribution in [0.2, 0.25) is 0 Å². The van der Waals surface area contributed by atoms with E-state index in [1.807, 2.05) is 6.92 Å². The van der Waals surface area contributed by atoms with Crippen molar-refractivity contribution in [3.8, 4) is 23.1 Å². The summed E-state index contributed by atoms with van der Waals surface area (Å²) in [6, 6.07) is 6.93. The summed E-state index contributed by atoms with van der Waals surface area (Å²) in [5.41, 5.74) is 1.29. The van der Waals surface area contributed by atoms with E-state index in [9.17, 15) is 4.79 Å². The summed E-state index contributed by atoms with van der Waals surface area (Å²) in [5.74, 6) is 2.15. The maximum atomic E-state index is 10.7. The van der Waals surface area contributed by atoms with Crippen molar-refractivity contribution in [1.29, 1.82) is 0 Å². The number of benzene rings is 1. The van der Waals surface area contributed by atoms with E-state index in [1.54, 1.807) is 38.5 Å². The molecular formula is C18H20N4O6. The van der Waals surface area contributed by atoms with Gasteiger partial charge in [-0.2, -0.15) is 0 Å². The van der Waals surface area contributed by atoms with Crippen LogP contribution in [0.5, 0.6) is 23.1 Å². The summed E-state index contributed by atoms with van der Waals surface area (Å²) < 4.78 is 23.5. The normalized spacial score (nSPS) is 10.5. The highest BCUT2D eigenvalue weighted by molar-refractivity contribution is 5.81. The van der Waals surface area contributed by atoms with Crippen molar-refractivity contribution in [2.75, 3.05) is 26.1 Å². The molecule has 10 heteroatoms. The van der Waals surface area contributed by atoms with E-state index >= 15 is 0 Å². The number of amides is 1. The third kappa shape index (κ3) is 4.17. The highest BCUT2D eigenvalue weighted by Crippen LogP contribution is 2.38. The topological polar surface area (TPSA) is 116 Å². The average molecular weight is 388 g/mol. The number of hydrogen-bond donors (Lipinski definition) is 2. The fraction of sp³-hybridized carbons (Fsp3) is 0.278. The first-order valence-electron chi connectivity index (χ1n) is 8.41. The molecule has 0 atom stereocenters. The van der Waals surface area contributed by atoms with Crippen LogP contribution in [0.15, 0.2) is 30.5 Å². The monoisotopic (exact) mass is 388 g/mol. The maximum Gasteiger partial charge on any atom is 0.410 e. The van der Waals surface area contributed by atoms with Crippen LogP contribution in [0.1, 0.15) is 12.5 Å². The Bertz CT molecular complexity index is 962. The molecule has 2 heterocycles. The molecule has 0 radical (unpaired) electrons. The molecule has 3 aromatic rings. The van der Waals surface area contributed by atoms with E-state index in [2.05, 4.69) is 15.4 Å². The molecule has 0 aliphatic carbocycles. The second-order valence-corrected chi connectivity index (χ2v) is 5.58. The number of ether oxygens (including phenoxy) is 4. The van der Waals surface area contributed by atoms with Gasteiger partial charge in [0.25, 0.3) is 0 Å². The number of carboxylic acid groups (broad SMARTS) is 1. The molecule has 2 N–H and O–H groups in total. The summed E-state index contributed by atoms with van der Waals surface area (Å²) in [6.45, 7) is 2.58. The van der Waals surface area contributed by atoms with Gasteiger partial charge < -0.3 is 24.1 Å². The van der Waals surface area contributed by atoms with Crippen LogP contribution in [-0.2, 0) is 6.61 Å². The third-order valence-electron chi connectivity index (χ3n) is 3.73. The van der Waals surface area contributed by atoms with Gasteiger partial charge in [-0.3, -0.25) is 5.32 Å². The molecule has 0 saturated carbocycles. The first kappa shape index (κ1) is 19.1. The minimum atomic E-state index is -1.20. The lowest BCUT2D eigenvalue weighted by Crippen LogP contribution is -2.07. The van der Waals surface area contributed by atoms with Gasteiger partial charge in [-0.25, -0.2) is 14.3 Å². The average Bonchev–Trinajstić information content (AvgIpc) is 3.07. The number of hydrogen-bond acceptors (Lipinski definition) is 7. The van der Waals surface area contributed by atoms with Crippen molar-refractivity contribution >= 4 is 17.6 Å². The molecule has 0 aliphatic heterocycles. The fourth-order valence-corrected chi connectivity index (χ4v) is 2.57. The van der Waals surface area contributed by atoms with Crippen LogP contribution in [-0.4, -0.2) is 46.6 Å². The Morgan fingerprint density at radius 2 is 1.89 bits per heavy atom. The zero-order valence-electron chi connectivity index (χ0n) is 15.6. The van der Waals surface area contributed by atoms with Crippen molar-refractivity contribution < 1.29 is 28.8 Å². The Kier molecular flexibility index (Phi) is 5.68. The minimum absolute atomic E-state index is 0.179. The molecule has 148 valence electrons. The van der Waals surface area contributed by atoms with E-state index in [1.165, 1.54) is 10.7 Å². The number of anilines is 1. The molecule has 0 bridgehead atoms. The largest absolute Gasteiger partial charge is 0.493 e. The Morgan fingerprint density at radius 1 is 1.18 bits per heavy atom. The number of imidazole rings is 1. The molecule has 10 nitrogen and oxygen atoms in total. The first-order chi connectivity index (χ1) is 13.5. The molecule has 1 aromatic carbocycles. The lowest BCUT2D eigenvalue weighted by molar-refractivity contribution is 0.209. The van der Waals surface area contributed by atoms with Gasteiger partial charge in [0.1, 0.15) is 6.61 Å². The SMILES string of the molecule is CCOc1c(OC)cc(COc2ccc3nc(NC(=O)O)cn3n2)cc1OC. The zero-order chi connectivity index (χ0) is 20.1. The molecule has 2 aromatic heterocycles. The summed E-state index contributed by atoms with van der Waals surface area (Å²) in [6.07, 6.45) is 0.262. The van der Waals surface area contributed by atoms with E-state index < -0.39 is 6.09 Å². The van der Waals surface area contributed by atoms with Crippen LogP contribution >= 0.6 is 0 Å². The van der Waals surface area contributed by atoms with E-state index in [-0.39, 0.29) is 12.4 Å². The van der Waals surface area contributed by atoms with E-state index in [0.717, 1.165) is 5.56 Å². The molecule has 28 heavy (non-hydrogen) atoms. The highest BCUT2D eigenvalue weighted by Gasteiger charge is 2.14. The number of methoxy groups -OCH3 is 2. The van der Waals surface area contributed by atoms with Gasteiger partial charge in [0.05, 0.1) is 27.0 Å². The summed E-state index contributed by atoms with van der Waals surface area (Å²) in [5, 5.41) is 15.2. The van der Waals surface area contributed by atoms with Gasteiger partial charge in [-0.1, -0.05) is 0 Å².